The van der Waals surface area contributed by atoms with Gasteiger partial charge in [0.2, 0.25) is 0 Å². The Labute approximate surface area is 123 Å². The molecular weight excluding hydrogens is 270 g/mol. The molecule has 3 N–H and O–H groups in total. The Bertz CT molecular complexity index is 597. The lowest BCUT2D eigenvalue weighted by Crippen LogP contribution is -2.37. The van der Waals surface area contributed by atoms with Crippen LogP contribution in [0.4, 0.5) is 5.82 Å². The number of piperidine rings is 1. The summed E-state index contributed by atoms with van der Waals surface area (Å²) >= 11 is 1.63. The van der Waals surface area contributed by atoms with Crippen LogP contribution in [0.15, 0.2) is 11.4 Å². The summed E-state index contributed by atoms with van der Waals surface area (Å²) in [7, 11) is 0. The minimum Gasteiger partial charge on any atom is -0.308 e. The number of nitrogen functional groups attached to an aromatic ring is 1. The number of thiophene rings is 1. The van der Waals surface area contributed by atoms with Crippen LogP contribution >= 0.6 is 11.3 Å². The van der Waals surface area contributed by atoms with Crippen molar-refractivity contribution in [3.8, 4) is 0 Å². The molecule has 0 spiro atoms. The van der Waals surface area contributed by atoms with E-state index in [-0.39, 0.29) is 0 Å². The van der Waals surface area contributed by atoms with Crippen LogP contribution in [-0.2, 0) is 6.54 Å². The number of aromatic nitrogens is 2. The van der Waals surface area contributed by atoms with Crippen molar-refractivity contribution in [1.29, 1.82) is 0 Å². The molecule has 108 valence electrons. The van der Waals surface area contributed by atoms with Gasteiger partial charge < -0.3 is 5.43 Å². The number of nitrogens with one attached hydrogen (secondary N) is 1. The summed E-state index contributed by atoms with van der Waals surface area (Å²) in [6.07, 6.45) is 2.46. The molecule has 5 nitrogen and oxygen atoms in total. The summed E-state index contributed by atoms with van der Waals surface area (Å²) in [5, 5.41) is 3.02. The molecule has 0 aliphatic carbocycles. The quantitative estimate of drug-likeness (QED) is 0.672. The van der Waals surface area contributed by atoms with Gasteiger partial charge in [0.25, 0.3) is 0 Å². The highest BCUT2D eigenvalue weighted by molar-refractivity contribution is 7.16. The molecule has 6 heteroatoms. The molecule has 3 heterocycles. The highest BCUT2D eigenvalue weighted by atomic mass is 32.1. The largest absolute Gasteiger partial charge is 0.308 e. The molecule has 0 bridgehead atoms. The van der Waals surface area contributed by atoms with E-state index in [1.54, 1.807) is 11.3 Å². The Morgan fingerprint density at radius 3 is 2.80 bits per heavy atom. The second kappa shape index (κ2) is 5.27. The lowest BCUT2D eigenvalue weighted by atomic mass is 9.83. The van der Waals surface area contributed by atoms with E-state index in [9.17, 15) is 0 Å². The van der Waals surface area contributed by atoms with E-state index in [1.165, 1.54) is 12.8 Å². The van der Waals surface area contributed by atoms with Crippen molar-refractivity contribution in [1.82, 2.24) is 14.9 Å². The van der Waals surface area contributed by atoms with Crippen LogP contribution in [0.5, 0.6) is 0 Å². The van der Waals surface area contributed by atoms with Crippen molar-refractivity contribution < 1.29 is 0 Å². The van der Waals surface area contributed by atoms with E-state index in [4.69, 9.17) is 5.84 Å². The summed E-state index contributed by atoms with van der Waals surface area (Å²) < 4.78 is 0. The van der Waals surface area contributed by atoms with Gasteiger partial charge in [0.15, 0.2) is 5.82 Å². The van der Waals surface area contributed by atoms with Crippen LogP contribution in [0, 0.1) is 5.41 Å². The molecule has 0 radical (unpaired) electrons. The molecule has 2 aromatic rings. The van der Waals surface area contributed by atoms with Crippen LogP contribution < -0.4 is 11.3 Å². The zero-order valence-electron chi connectivity index (χ0n) is 12.0. The number of likely N-dealkylation sites (tertiary alicyclic amines) is 1. The normalized spacial score (nSPS) is 19.4. The van der Waals surface area contributed by atoms with Crippen molar-refractivity contribution in [3.05, 3.63) is 17.3 Å². The fourth-order valence-electron chi connectivity index (χ4n) is 2.60. The van der Waals surface area contributed by atoms with Crippen LogP contribution in [0.25, 0.3) is 10.2 Å². The topological polar surface area (TPSA) is 67.1 Å². The van der Waals surface area contributed by atoms with Gasteiger partial charge in [-0.1, -0.05) is 13.8 Å². The predicted molar refractivity (Wildman–Crippen MR) is 83.5 cm³/mol. The summed E-state index contributed by atoms with van der Waals surface area (Å²) in [4.78, 5) is 12.6. The first-order chi connectivity index (χ1) is 9.57. The summed E-state index contributed by atoms with van der Waals surface area (Å²) in [5.74, 6) is 7.14. The monoisotopic (exact) mass is 291 g/mol. The van der Waals surface area contributed by atoms with E-state index in [1.807, 2.05) is 11.4 Å². The van der Waals surface area contributed by atoms with Gasteiger partial charge in [0, 0.05) is 0 Å². The third-order valence-corrected chi connectivity index (χ3v) is 4.89. The van der Waals surface area contributed by atoms with Gasteiger partial charge in [-0.25, -0.2) is 15.8 Å². The van der Waals surface area contributed by atoms with Gasteiger partial charge in [0.05, 0.1) is 11.9 Å². The maximum atomic E-state index is 5.56. The minimum absolute atomic E-state index is 0.471. The fourth-order valence-corrected chi connectivity index (χ4v) is 3.38. The van der Waals surface area contributed by atoms with Gasteiger partial charge >= 0.3 is 0 Å². The Morgan fingerprint density at radius 1 is 1.35 bits per heavy atom. The van der Waals surface area contributed by atoms with Gasteiger partial charge in [-0.05, 0) is 42.8 Å². The molecule has 1 saturated heterocycles. The molecular formula is C14H21N5S. The van der Waals surface area contributed by atoms with Crippen LogP contribution in [-0.4, -0.2) is 28.0 Å². The van der Waals surface area contributed by atoms with Crippen molar-refractivity contribution >= 4 is 27.4 Å². The van der Waals surface area contributed by atoms with Gasteiger partial charge in [-0.2, -0.15) is 0 Å². The van der Waals surface area contributed by atoms with Crippen molar-refractivity contribution in [2.45, 2.75) is 33.2 Å². The third kappa shape index (κ3) is 2.77. The summed E-state index contributed by atoms with van der Waals surface area (Å²) in [6.45, 7) is 7.72. The number of nitrogens with two attached hydrogens (primary N) is 1. The Kier molecular flexibility index (Phi) is 3.62. The molecule has 0 unspecified atom stereocenters. The van der Waals surface area contributed by atoms with Crippen LogP contribution in [0.3, 0.4) is 0 Å². The van der Waals surface area contributed by atoms with Crippen LogP contribution in [0.2, 0.25) is 0 Å². The zero-order chi connectivity index (χ0) is 14.2. The van der Waals surface area contributed by atoms with E-state index < -0.39 is 0 Å². The molecule has 2 aromatic heterocycles. The summed E-state index contributed by atoms with van der Waals surface area (Å²) in [6, 6.07) is 2.00. The molecule has 1 aliphatic rings. The first-order valence-corrected chi connectivity index (χ1v) is 7.88. The van der Waals surface area contributed by atoms with E-state index in [0.717, 1.165) is 41.5 Å². The van der Waals surface area contributed by atoms with Crippen molar-refractivity contribution in [2.75, 3.05) is 18.5 Å². The molecule has 3 rings (SSSR count). The van der Waals surface area contributed by atoms with Crippen LogP contribution in [0.1, 0.15) is 32.5 Å². The Balaban J connectivity index is 1.77. The van der Waals surface area contributed by atoms with Gasteiger partial charge in [0.1, 0.15) is 10.7 Å². The number of hydrazine groups is 1. The predicted octanol–water partition coefficient (Wildman–Crippen LogP) is 2.60. The second-order valence-corrected chi connectivity index (χ2v) is 7.11. The maximum Gasteiger partial charge on any atom is 0.152 e. The number of anilines is 1. The molecule has 20 heavy (non-hydrogen) atoms. The first-order valence-electron chi connectivity index (χ1n) is 7.00. The average Bonchev–Trinajstić information content (AvgIpc) is 2.88. The number of fused-ring (bicyclic) bond motifs is 1. The number of nitrogens with zero attached hydrogens (tertiary/aromatic N) is 3. The zero-order valence-corrected chi connectivity index (χ0v) is 12.8. The van der Waals surface area contributed by atoms with Gasteiger partial charge in [-0.15, -0.1) is 11.3 Å². The molecule has 0 saturated carbocycles. The summed E-state index contributed by atoms with van der Waals surface area (Å²) in [5.41, 5.74) is 3.16. The number of hydrogen-bond acceptors (Lipinski definition) is 6. The second-order valence-electron chi connectivity index (χ2n) is 6.21. The third-order valence-electron chi connectivity index (χ3n) is 4.08. The molecule has 0 amide bonds. The molecule has 0 aromatic carbocycles. The highest BCUT2D eigenvalue weighted by Gasteiger charge is 2.25. The molecule has 1 fully saturated rings. The maximum absolute atomic E-state index is 5.56. The van der Waals surface area contributed by atoms with E-state index in [0.29, 0.717) is 5.41 Å². The standard InChI is InChI=1S/C14H21N5S/c1-14(2)4-6-19(7-5-14)9-11-16-12(18-15)10-3-8-20-13(10)17-11/h3,8H,4-7,9,15H2,1-2H3,(H,16,17,18). The molecule has 0 atom stereocenters. The van der Waals surface area contributed by atoms with Gasteiger partial charge in [-0.3, -0.25) is 4.90 Å². The van der Waals surface area contributed by atoms with Crippen molar-refractivity contribution in [2.24, 2.45) is 11.3 Å². The van der Waals surface area contributed by atoms with E-state index in [2.05, 4.69) is 34.1 Å². The first kappa shape index (κ1) is 13.7. The average molecular weight is 291 g/mol. The lowest BCUT2D eigenvalue weighted by Gasteiger charge is -2.36. The highest BCUT2D eigenvalue weighted by Crippen LogP contribution is 2.30. The van der Waals surface area contributed by atoms with E-state index >= 15 is 0 Å². The smallest absolute Gasteiger partial charge is 0.152 e. The Morgan fingerprint density at radius 2 is 2.10 bits per heavy atom. The lowest BCUT2D eigenvalue weighted by molar-refractivity contribution is 0.125. The fraction of sp³-hybridized carbons (Fsp3) is 0.571. The molecule has 1 aliphatic heterocycles. The number of hydrogen-bond donors (Lipinski definition) is 2. The minimum atomic E-state index is 0.471. The SMILES string of the molecule is CC1(C)CCN(Cc2nc(NN)c3ccsc3n2)CC1. The van der Waals surface area contributed by atoms with Crippen molar-refractivity contribution in [3.63, 3.8) is 0 Å². The Hall–Kier alpha value is -1.24. The number of rotatable bonds is 3.